The fourth-order valence-corrected chi connectivity index (χ4v) is 2.09. The van der Waals surface area contributed by atoms with Crippen LogP contribution >= 0.6 is 0 Å². The minimum atomic E-state index is -0.867. The van der Waals surface area contributed by atoms with Crippen molar-refractivity contribution in [2.45, 2.75) is 26.3 Å². The van der Waals surface area contributed by atoms with E-state index in [1.165, 1.54) is 4.90 Å². The Bertz CT molecular complexity index is 494. The predicted octanol–water partition coefficient (Wildman–Crippen LogP) is 1.33. The predicted molar refractivity (Wildman–Crippen MR) is 72.2 cm³/mol. The number of carbonyl (C=O) groups is 2. The Morgan fingerprint density at radius 2 is 1.89 bits per heavy atom. The van der Waals surface area contributed by atoms with E-state index in [9.17, 15) is 9.59 Å². The van der Waals surface area contributed by atoms with E-state index in [2.05, 4.69) is 5.32 Å². The van der Waals surface area contributed by atoms with Gasteiger partial charge in [-0.25, -0.2) is 0 Å². The molecule has 5 nitrogen and oxygen atoms in total. The van der Waals surface area contributed by atoms with Crippen molar-refractivity contribution in [3.63, 3.8) is 0 Å². The number of hydrogen-bond acceptors (Lipinski definition) is 3. The standard InChI is InChI=1S/C14H18N2O3/c1-4-19-11-7-5-10(6-8-11)16-9-12(17)15-14(2,3)13(16)18/h5-8H,4,9H2,1-3H3,(H,15,17). The zero-order valence-electron chi connectivity index (χ0n) is 11.4. The van der Waals surface area contributed by atoms with E-state index in [0.29, 0.717) is 12.3 Å². The Labute approximate surface area is 112 Å². The van der Waals surface area contributed by atoms with E-state index in [0.717, 1.165) is 5.75 Å². The lowest BCUT2D eigenvalue weighted by atomic mass is 10.00. The fraction of sp³-hybridized carbons (Fsp3) is 0.429. The molecule has 5 heteroatoms. The maximum absolute atomic E-state index is 12.3. The van der Waals surface area contributed by atoms with Gasteiger partial charge in [0.2, 0.25) is 5.91 Å². The number of anilines is 1. The second-order valence-corrected chi connectivity index (χ2v) is 4.99. The van der Waals surface area contributed by atoms with Crippen molar-refractivity contribution in [1.82, 2.24) is 5.32 Å². The van der Waals surface area contributed by atoms with Crippen LogP contribution < -0.4 is 15.0 Å². The van der Waals surface area contributed by atoms with Crippen molar-refractivity contribution in [1.29, 1.82) is 0 Å². The van der Waals surface area contributed by atoms with Gasteiger partial charge >= 0.3 is 0 Å². The minimum absolute atomic E-state index is 0.0518. The monoisotopic (exact) mass is 262 g/mol. The van der Waals surface area contributed by atoms with E-state index in [1.54, 1.807) is 38.1 Å². The van der Waals surface area contributed by atoms with Gasteiger partial charge in [0.05, 0.1) is 6.61 Å². The summed E-state index contributed by atoms with van der Waals surface area (Å²) in [5, 5.41) is 2.68. The molecule has 0 atom stereocenters. The van der Waals surface area contributed by atoms with Gasteiger partial charge in [-0.2, -0.15) is 0 Å². The summed E-state index contributed by atoms with van der Waals surface area (Å²) in [5.74, 6) is 0.481. The van der Waals surface area contributed by atoms with Crippen LogP contribution in [0.4, 0.5) is 5.69 Å². The van der Waals surface area contributed by atoms with Crippen molar-refractivity contribution < 1.29 is 14.3 Å². The highest BCUT2D eigenvalue weighted by Crippen LogP contribution is 2.24. The molecule has 1 heterocycles. The molecule has 19 heavy (non-hydrogen) atoms. The first-order valence-corrected chi connectivity index (χ1v) is 6.30. The van der Waals surface area contributed by atoms with Crippen LogP contribution in [0.2, 0.25) is 0 Å². The summed E-state index contributed by atoms with van der Waals surface area (Å²) >= 11 is 0. The van der Waals surface area contributed by atoms with Crippen molar-refractivity contribution in [3.05, 3.63) is 24.3 Å². The molecular formula is C14H18N2O3. The highest BCUT2D eigenvalue weighted by Gasteiger charge is 2.39. The second-order valence-electron chi connectivity index (χ2n) is 4.99. The smallest absolute Gasteiger partial charge is 0.252 e. The molecule has 2 amide bonds. The summed E-state index contributed by atoms with van der Waals surface area (Å²) < 4.78 is 5.35. The van der Waals surface area contributed by atoms with Crippen LogP contribution in [-0.4, -0.2) is 30.5 Å². The molecule has 1 aliphatic heterocycles. The molecule has 1 saturated heterocycles. The number of nitrogens with zero attached hydrogens (tertiary/aromatic N) is 1. The number of carbonyl (C=O) groups excluding carboxylic acids is 2. The van der Waals surface area contributed by atoms with Gasteiger partial charge in [-0.05, 0) is 45.0 Å². The third-order valence-electron chi connectivity index (χ3n) is 2.99. The Balaban J connectivity index is 2.24. The molecule has 102 valence electrons. The summed E-state index contributed by atoms with van der Waals surface area (Å²) in [5.41, 5.74) is -0.162. The Hall–Kier alpha value is -2.04. The molecule has 2 rings (SSSR count). The van der Waals surface area contributed by atoms with E-state index in [1.807, 2.05) is 6.92 Å². The molecule has 0 bridgehead atoms. The molecule has 0 radical (unpaired) electrons. The van der Waals surface area contributed by atoms with Gasteiger partial charge in [-0.3, -0.25) is 9.59 Å². The van der Waals surface area contributed by atoms with E-state index >= 15 is 0 Å². The van der Waals surface area contributed by atoms with Crippen molar-refractivity contribution >= 4 is 17.5 Å². The number of nitrogens with one attached hydrogen (secondary N) is 1. The third-order valence-corrected chi connectivity index (χ3v) is 2.99. The van der Waals surface area contributed by atoms with E-state index in [4.69, 9.17) is 4.74 Å². The molecule has 0 aromatic heterocycles. The van der Waals surface area contributed by atoms with Crippen molar-refractivity contribution in [3.8, 4) is 5.75 Å². The molecule has 0 saturated carbocycles. The van der Waals surface area contributed by atoms with Gasteiger partial charge in [-0.15, -0.1) is 0 Å². The van der Waals surface area contributed by atoms with Crippen LogP contribution in [0.1, 0.15) is 20.8 Å². The lowest BCUT2D eigenvalue weighted by Crippen LogP contribution is -2.64. The molecule has 0 aliphatic carbocycles. The van der Waals surface area contributed by atoms with Crippen LogP contribution in [0, 0.1) is 0 Å². The first-order valence-electron chi connectivity index (χ1n) is 6.30. The SMILES string of the molecule is CCOc1ccc(N2CC(=O)NC(C)(C)C2=O)cc1. The van der Waals surface area contributed by atoms with Crippen LogP contribution in [0.15, 0.2) is 24.3 Å². The van der Waals surface area contributed by atoms with Crippen molar-refractivity contribution in [2.24, 2.45) is 0 Å². The van der Waals surface area contributed by atoms with Crippen LogP contribution in [0.5, 0.6) is 5.75 Å². The quantitative estimate of drug-likeness (QED) is 0.894. The summed E-state index contributed by atoms with van der Waals surface area (Å²) in [6.45, 7) is 5.96. The number of piperazine rings is 1. The van der Waals surface area contributed by atoms with Gasteiger partial charge in [0.25, 0.3) is 5.91 Å². The zero-order valence-corrected chi connectivity index (χ0v) is 11.4. The van der Waals surface area contributed by atoms with Gasteiger partial charge in [0.1, 0.15) is 17.8 Å². The molecule has 1 N–H and O–H groups in total. The number of benzene rings is 1. The molecule has 1 aromatic carbocycles. The number of rotatable bonds is 3. The van der Waals surface area contributed by atoms with Crippen molar-refractivity contribution in [2.75, 3.05) is 18.1 Å². The summed E-state index contributed by atoms with van der Waals surface area (Å²) in [4.78, 5) is 25.4. The van der Waals surface area contributed by atoms with E-state index in [-0.39, 0.29) is 18.4 Å². The van der Waals surface area contributed by atoms with Gasteiger partial charge in [0, 0.05) is 5.69 Å². The fourth-order valence-electron chi connectivity index (χ4n) is 2.09. The topological polar surface area (TPSA) is 58.6 Å². The Kier molecular flexibility index (Phi) is 3.46. The Morgan fingerprint density at radius 3 is 2.47 bits per heavy atom. The van der Waals surface area contributed by atoms with Gasteiger partial charge in [0.15, 0.2) is 0 Å². The number of ether oxygens (including phenoxy) is 1. The second kappa shape index (κ2) is 4.91. The molecule has 1 aliphatic rings. The normalized spacial score (nSPS) is 18.2. The summed E-state index contributed by atoms with van der Waals surface area (Å²) in [7, 11) is 0. The highest BCUT2D eigenvalue weighted by atomic mass is 16.5. The first-order chi connectivity index (χ1) is 8.94. The Morgan fingerprint density at radius 1 is 1.26 bits per heavy atom. The highest BCUT2D eigenvalue weighted by molar-refractivity contribution is 6.08. The molecule has 0 unspecified atom stereocenters. The third kappa shape index (κ3) is 2.70. The molecule has 1 fully saturated rings. The zero-order chi connectivity index (χ0) is 14.0. The number of hydrogen-bond donors (Lipinski definition) is 1. The summed E-state index contributed by atoms with van der Waals surface area (Å²) in [6, 6.07) is 7.17. The van der Waals surface area contributed by atoms with Crippen LogP contribution in [0.3, 0.4) is 0 Å². The van der Waals surface area contributed by atoms with Gasteiger partial charge < -0.3 is 15.0 Å². The van der Waals surface area contributed by atoms with E-state index < -0.39 is 5.54 Å². The van der Waals surface area contributed by atoms with Crippen LogP contribution in [-0.2, 0) is 9.59 Å². The minimum Gasteiger partial charge on any atom is -0.494 e. The lowest BCUT2D eigenvalue weighted by Gasteiger charge is -2.37. The molecule has 1 aromatic rings. The lowest BCUT2D eigenvalue weighted by molar-refractivity contribution is -0.134. The molecular weight excluding hydrogens is 244 g/mol. The summed E-state index contributed by atoms with van der Waals surface area (Å²) in [6.07, 6.45) is 0. The maximum atomic E-state index is 12.3. The number of amides is 2. The van der Waals surface area contributed by atoms with Gasteiger partial charge in [-0.1, -0.05) is 0 Å². The largest absolute Gasteiger partial charge is 0.494 e. The average Bonchev–Trinajstić information content (AvgIpc) is 2.35. The van der Waals surface area contributed by atoms with Crippen LogP contribution in [0.25, 0.3) is 0 Å². The maximum Gasteiger partial charge on any atom is 0.252 e. The first kappa shape index (κ1) is 13.4. The average molecular weight is 262 g/mol. The molecule has 0 spiro atoms.